The first-order valence-electron chi connectivity index (χ1n) is 7.73. The second kappa shape index (κ2) is 6.93. The number of nitrogens with zero attached hydrogens (tertiary/aromatic N) is 1. The lowest BCUT2D eigenvalue weighted by Gasteiger charge is -2.11. The number of fused-ring (bicyclic) bond motifs is 1. The van der Waals surface area contributed by atoms with E-state index in [4.69, 9.17) is 0 Å². The number of anilines is 1. The fraction of sp³-hybridized carbons (Fsp3) is 0.158. The zero-order valence-corrected chi connectivity index (χ0v) is 13.2. The van der Waals surface area contributed by atoms with Gasteiger partial charge in [0, 0.05) is 18.0 Å². The number of carbonyl (C=O) groups is 1. The summed E-state index contributed by atoms with van der Waals surface area (Å²) in [6.45, 7) is 0. The third kappa shape index (κ3) is 4.15. The normalized spacial score (nSPS) is 11.5. The highest BCUT2D eigenvalue weighted by atomic mass is 19.4. The van der Waals surface area contributed by atoms with Gasteiger partial charge in [-0.2, -0.15) is 13.2 Å². The molecule has 0 saturated carbocycles. The number of rotatable bonds is 4. The Hall–Kier alpha value is -2.89. The molecular formula is C19H15F3N2O. The largest absolute Gasteiger partial charge is 0.416 e. The van der Waals surface area contributed by atoms with Gasteiger partial charge in [-0.05, 0) is 30.2 Å². The minimum Gasteiger partial charge on any atom is -0.325 e. The lowest BCUT2D eigenvalue weighted by Crippen LogP contribution is -2.13. The molecule has 1 aromatic heterocycles. The number of benzene rings is 2. The highest BCUT2D eigenvalue weighted by Crippen LogP contribution is 2.32. The average molecular weight is 344 g/mol. The van der Waals surface area contributed by atoms with Crippen LogP contribution in [0.2, 0.25) is 0 Å². The monoisotopic (exact) mass is 344 g/mol. The lowest BCUT2D eigenvalue weighted by molar-refractivity contribution is -0.137. The van der Waals surface area contributed by atoms with Crippen molar-refractivity contribution >= 4 is 22.5 Å². The van der Waals surface area contributed by atoms with E-state index in [1.165, 1.54) is 12.3 Å². The van der Waals surface area contributed by atoms with Gasteiger partial charge in [-0.3, -0.25) is 9.78 Å². The minimum atomic E-state index is -4.43. The maximum atomic E-state index is 12.8. The summed E-state index contributed by atoms with van der Waals surface area (Å²) in [4.78, 5) is 16.1. The SMILES string of the molecule is O=C(CCc1ccccc1)Nc1ccnc2cc(C(F)(F)F)ccc12. The first kappa shape index (κ1) is 17.0. The Kier molecular flexibility index (Phi) is 4.70. The van der Waals surface area contributed by atoms with Crippen molar-refractivity contribution in [3.63, 3.8) is 0 Å². The summed E-state index contributed by atoms with van der Waals surface area (Å²) in [6.07, 6.45) is -2.16. The molecule has 0 aliphatic heterocycles. The Bertz CT molecular complexity index is 892. The molecule has 1 N–H and O–H groups in total. The Morgan fingerprint density at radius 3 is 2.52 bits per heavy atom. The van der Waals surface area contributed by atoms with Crippen LogP contribution < -0.4 is 5.32 Å². The predicted octanol–water partition coefficient (Wildman–Crippen LogP) is 4.82. The molecule has 3 nitrogen and oxygen atoms in total. The number of aromatic nitrogens is 1. The molecule has 3 rings (SSSR count). The van der Waals surface area contributed by atoms with Gasteiger partial charge in [-0.25, -0.2) is 0 Å². The Morgan fingerprint density at radius 2 is 1.80 bits per heavy atom. The minimum absolute atomic E-state index is 0.190. The second-order valence-electron chi connectivity index (χ2n) is 5.62. The first-order chi connectivity index (χ1) is 11.9. The van der Waals surface area contributed by atoms with Crippen molar-refractivity contribution in [2.75, 3.05) is 5.32 Å². The molecular weight excluding hydrogens is 329 g/mol. The van der Waals surface area contributed by atoms with E-state index in [0.717, 1.165) is 17.7 Å². The van der Waals surface area contributed by atoms with E-state index in [1.807, 2.05) is 30.3 Å². The molecule has 0 bridgehead atoms. The van der Waals surface area contributed by atoms with Crippen LogP contribution in [-0.2, 0) is 17.4 Å². The number of nitrogens with one attached hydrogen (secondary N) is 1. The van der Waals surface area contributed by atoms with Gasteiger partial charge in [-0.1, -0.05) is 36.4 Å². The summed E-state index contributed by atoms with van der Waals surface area (Å²) < 4.78 is 38.4. The standard InChI is InChI=1S/C19H15F3N2O/c20-19(21,22)14-7-8-15-16(10-11-23-17(15)12-14)24-18(25)9-6-13-4-2-1-3-5-13/h1-5,7-8,10-12H,6,9H2,(H,23,24,25). The molecule has 6 heteroatoms. The number of pyridine rings is 1. The first-order valence-corrected chi connectivity index (χ1v) is 7.73. The fourth-order valence-electron chi connectivity index (χ4n) is 2.55. The summed E-state index contributed by atoms with van der Waals surface area (Å²) in [5.41, 5.74) is 0.930. The van der Waals surface area contributed by atoms with E-state index >= 15 is 0 Å². The maximum absolute atomic E-state index is 12.8. The average Bonchev–Trinajstić information content (AvgIpc) is 2.60. The molecule has 0 spiro atoms. The third-order valence-corrected chi connectivity index (χ3v) is 3.83. The van der Waals surface area contributed by atoms with Crippen LogP contribution >= 0.6 is 0 Å². The van der Waals surface area contributed by atoms with E-state index in [0.29, 0.717) is 17.5 Å². The van der Waals surface area contributed by atoms with Crippen molar-refractivity contribution in [1.29, 1.82) is 0 Å². The summed E-state index contributed by atoms with van der Waals surface area (Å²) in [7, 11) is 0. The lowest BCUT2D eigenvalue weighted by atomic mass is 10.1. The van der Waals surface area contributed by atoms with Crippen molar-refractivity contribution in [1.82, 2.24) is 4.98 Å². The topological polar surface area (TPSA) is 42.0 Å². The maximum Gasteiger partial charge on any atom is 0.416 e. The molecule has 2 aromatic carbocycles. The van der Waals surface area contributed by atoms with Crippen molar-refractivity contribution in [2.24, 2.45) is 0 Å². The van der Waals surface area contributed by atoms with Crippen LogP contribution in [0.3, 0.4) is 0 Å². The van der Waals surface area contributed by atoms with Crippen molar-refractivity contribution < 1.29 is 18.0 Å². The fourth-order valence-corrected chi connectivity index (χ4v) is 2.55. The van der Waals surface area contributed by atoms with Crippen molar-refractivity contribution in [3.05, 3.63) is 71.9 Å². The molecule has 128 valence electrons. The van der Waals surface area contributed by atoms with Crippen LogP contribution in [0.5, 0.6) is 0 Å². The molecule has 0 atom stereocenters. The van der Waals surface area contributed by atoms with Crippen LogP contribution in [0.4, 0.5) is 18.9 Å². The number of halogens is 3. The van der Waals surface area contributed by atoms with E-state index in [9.17, 15) is 18.0 Å². The van der Waals surface area contributed by atoms with Crippen molar-refractivity contribution in [3.8, 4) is 0 Å². The number of carbonyl (C=O) groups excluding carboxylic acids is 1. The summed E-state index contributed by atoms with van der Waals surface area (Å²) in [5, 5.41) is 3.23. The van der Waals surface area contributed by atoms with E-state index in [1.54, 1.807) is 6.07 Å². The molecule has 25 heavy (non-hydrogen) atoms. The van der Waals surface area contributed by atoms with Crippen LogP contribution in [0, 0.1) is 0 Å². The quantitative estimate of drug-likeness (QED) is 0.737. The number of aryl methyl sites for hydroxylation is 1. The molecule has 3 aromatic rings. The Morgan fingerprint density at radius 1 is 1.04 bits per heavy atom. The molecule has 0 unspecified atom stereocenters. The van der Waals surface area contributed by atoms with Gasteiger partial charge < -0.3 is 5.32 Å². The molecule has 0 aliphatic rings. The zero-order valence-electron chi connectivity index (χ0n) is 13.2. The van der Waals surface area contributed by atoms with E-state index < -0.39 is 11.7 Å². The number of hydrogen-bond donors (Lipinski definition) is 1. The van der Waals surface area contributed by atoms with Crippen LogP contribution in [0.1, 0.15) is 17.5 Å². The number of amides is 1. The highest BCUT2D eigenvalue weighted by molar-refractivity contribution is 6.00. The molecule has 0 aliphatic carbocycles. The predicted molar refractivity (Wildman–Crippen MR) is 90.1 cm³/mol. The second-order valence-corrected chi connectivity index (χ2v) is 5.62. The van der Waals surface area contributed by atoms with E-state index in [2.05, 4.69) is 10.3 Å². The number of alkyl halides is 3. The van der Waals surface area contributed by atoms with Gasteiger partial charge in [0.15, 0.2) is 0 Å². The molecule has 0 fully saturated rings. The molecule has 1 heterocycles. The molecule has 0 saturated heterocycles. The summed E-state index contributed by atoms with van der Waals surface area (Å²) in [6, 6.07) is 14.5. The van der Waals surface area contributed by atoms with Crippen LogP contribution in [0.15, 0.2) is 60.8 Å². The Labute approximate surface area is 142 Å². The molecule has 1 amide bonds. The van der Waals surface area contributed by atoms with Crippen molar-refractivity contribution in [2.45, 2.75) is 19.0 Å². The molecule has 0 radical (unpaired) electrons. The summed E-state index contributed by atoms with van der Waals surface area (Å²) in [5.74, 6) is -0.198. The highest BCUT2D eigenvalue weighted by Gasteiger charge is 2.30. The van der Waals surface area contributed by atoms with Gasteiger partial charge in [0.05, 0.1) is 16.8 Å². The van der Waals surface area contributed by atoms with Crippen LogP contribution in [-0.4, -0.2) is 10.9 Å². The van der Waals surface area contributed by atoms with Gasteiger partial charge in [0.25, 0.3) is 0 Å². The number of hydrogen-bond acceptors (Lipinski definition) is 2. The van der Waals surface area contributed by atoms with Gasteiger partial charge in [-0.15, -0.1) is 0 Å². The smallest absolute Gasteiger partial charge is 0.325 e. The zero-order chi connectivity index (χ0) is 17.9. The third-order valence-electron chi connectivity index (χ3n) is 3.83. The van der Waals surface area contributed by atoms with Gasteiger partial charge in [0.2, 0.25) is 5.91 Å². The van der Waals surface area contributed by atoms with Gasteiger partial charge >= 0.3 is 6.18 Å². The van der Waals surface area contributed by atoms with Gasteiger partial charge in [0.1, 0.15) is 0 Å². The summed E-state index contributed by atoms with van der Waals surface area (Å²) >= 11 is 0. The van der Waals surface area contributed by atoms with E-state index in [-0.39, 0.29) is 17.8 Å². The van der Waals surface area contributed by atoms with Crippen LogP contribution in [0.25, 0.3) is 10.9 Å². The Balaban J connectivity index is 1.76.